The molecular formula is C37H43N3O4S. The molecule has 0 fully saturated rings. The maximum atomic E-state index is 14.6. The average Bonchev–Trinajstić information content (AvgIpc) is 3.03. The Morgan fingerprint density at radius 1 is 0.756 bits per heavy atom. The van der Waals surface area contributed by atoms with Crippen molar-refractivity contribution < 1.29 is 18.0 Å². The van der Waals surface area contributed by atoms with E-state index >= 15 is 0 Å². The smallest absolute Gasteiger partial charge is 0.264 e. The number of carbonyl (C=O) groups excluding carboxylic acids is 2. The topological polar surface area (TPSA) is 86.8 Å². The predicted molar refractivity (Wildman–Crippen MR) is 180 cm³/mol. The Kier molecular flexibility index (Phi) is 11.2. The zero-order chi connectivity index (χ0) is 32.6. The van der Waals surface area contributed by atoms with Gasteiger partial charge in [0.05, 0.1) is 10.6 Å². The normalized spacial score (nSPS) is 12.0. The summed E-state index contributed by atoms with van der Waals surface area (Å²) in [5.41, 5.74) is 4.83. The molecule has 0 saturated carbocycles. The molecule has 4 aromatic rings. The van der Waals surface area contributed by atoms with E-state index in [2.05, 4.69) is 5.32 Å². The first-order valence-electron chi connectivity index (χ1n) is 15.3. The Morgan fingerprint density at radius 3 is 2.00 bits per heavy atom. The lowest BCUT2D eigenvalue weighted by Gasteiger charge is -2.34. The molecule has 45 heavy (non-hydrogen) atoms. The molecule has 0 aromatic heterocycles. The largest absolute Gasteiger partial charge is 0.354 e. The lowest BCUT2D eigenvalue weighted by Crippen LogP contribution is -2.54. The van der Waals surface area contributed by atoms with E-state index in [4.69, 9.17) is 0 Å². The summed E-state index contributed by atoms with van der Waals surface area (Å²) in [6.07, 6.45) is 0.275. The number of hydrogen-bond donors (Lipinski definition) is 1. The molecule has 1 N–H and O–H groups in total. The number of nitrogens with zero attached hydrogens (tertiary/aromatic N) is 2. The maximum absolute atomic E-state index is 14.6. The van der Waals surface area contributed by atoms with Crippen LogP contribution in [0.1, 0.15) is 41.7 Å². The Labute approximate surface area is 268 Å². The van der Waals surface area contributed by atoms with Crippen LogP contribution in [0.2, 0.25) is 0 Å². The molecule has 0 aliphatic carbocycles. The summed E-state index contributed by atoms with van der Waals surface area (Å²) >= 11 is 0. The standard InChI is InChI=1S/C37H43N3O4S/c1-27(2)24-38-37(42)35(23-31-17-8-6-9-18-31)39(25-32-19-13-12-15-29(32)4)36(41)26-40(34-22-14-16-28(3)30(34)5)45(43,44)33-20-10-7-11-21-33/h6-22,27,35H,23-26H2,1-5H3,(H,38,42)/t35-/m1/s1. The fraction of sp³-hybridized carbons (Fsp3) is 0.297. The van der Waals surface area contributed by atoms with Gasteiger partial charge in [-0.15, -0.1) is 0 Å². The van der Waals surface area contributed by atoms with Gasteiger partial charge in [0, 0.05) is 19.5 Å². The number of sulfonamides is 1. The molecule has 0 unspecified atom stereocenters. The van der Waals surface area contributed by atoms with Crippen LogP contribution in [-0.2, 0) is 32.6 Å². The highest BCUT2D eigenvalue weighted by Crippen LogP contribution is 2.29. The van der Waals surface area contributed by atoms with E-state index in [1.165, 1.54) is 16.4 Å². The molecular weight excluding hydrogens is 582 g/mol. The van der Waals surface area contributed by atoms with Crippen molar-refractivity contribution in [3.8, 4) is 0 Å². The number of carbonyl (C=O) groups is 2. The van der Waals surface area contributed by atoms with Gasteiger partial charge in [0.15, 0.2) is 0 Å². The zero-order valence-electron chi connectivity index (χ0n) is 26.7. The van der Waals surface area contributed by atoms with Crippen LogP contribution in [0.25, 0.3) is 0 Å². The van der Waals surface area contributed by atoms with E-state index in [-0.39, 0.29) is 29.7 Å². The van der Waals surface area contributed by atoms with Gasteiger partial charge in [-0.2, -0.15) is 0 Å². The molecule has 0 aliphatic heterocycles. The Morgan fingerprint density at radius 2 is 1.36 bits per heavy atom. The van der Waals surface area contributed by atoms with Crippen molar-refractivity contribution in [3.05, 3.63) is 131 Å². The highest BCUT2D eigenvalue weighted by Gasteiger charge is 2.35. The first-order valence-corrected chi connectivity index (χ1v) is 16.7. The minimum Gasteiger partial charge on any atom is -0.354 e. The van der Waals surface area contributed by atoms with E-state index in [1.54, 1.807) is 35.2 Å². The summed E-state index contributed by atoms with van der Waals surface area (Å²) in [6, 6.07) is 30.0. The summed E-state index contributed by atoms with van der Waals surface area (Å²) < 4.78 is 29.6. The Bertz CT molecular complexity index is 1710. The summed E-state index contributed by atoms with van der Waals surface area (Å²) in [5, 5.41) is 3.03. The van der Waals surface area contributed by atoms with Gasteiger partial charge < -0.3 is 10.2 Å². The van der Waals surface area contributed by atoms with Crippen molar-refractivity contribution in [3.63, 3.8) is 0 Å². The summed E-state index contributed by atoms with van der Waals surface area (Å²) in [7, 11) is -4.14. The van der Waals surface area contributed by atoms with Gasteiger partial charge in [-0.3, -0.25) is 13.9 Å². The predicted octanol–water partition coefficient (Wildman–Crippen LogP) is 6.22. The number of nitrogens with one attached hydrogen (secondary N) is 1. The number of amides is 2. The summed E-state index contributed by atoms with van der Waals surface area (Å²) in [6.45, 7) is 9.87. The molecule has 0 radical (unpaired) electrons. The third kappa shape index (κ3) is 8.39. The van der Waals surface area contributed by atoms with Crippen LogP contribution >= 0.6 is 0 Å². The molecule has 1 atom stereocenters. The van der Waals surface area contributed by atoms with Crippen LogP contribution < -0.4 is 9.62 Å². The molecule has 236 valence electrons. The number of rotatable bonds is 13. The van der Waals surface area contributed by atoms with E-state index < -0.39 is 28.5 Å². The first kappa shape index (κ1) is 33.5. The lowest BCUT2D eigenvalue weighted by atomic mass is 10.0. The molecule has 0 aliphatic rings. The third-order valence-electron chi connectivity index (χ3n) is 8.01. The minimum atomic E-state index is -4.14. The van der Waals surface area contributed by atoms with Gasteiger partial charge in [-0.05, 0) is 72.7 Å². The van der Waals surface area contributed by atoms with Gasteiger partial charge in [0.2, 0.25) is 11.8 Å². The fourth-order valence-electron chi connectivity index (χ4n) is 5.19. The second-order valence-electron chi connectivity index (χ2n) is 11.8. The Balaban J connectivity index is 1.83. The van der Waals surface area contributed by atoms with Crippen LogP contribution in [0.4, 0.5) is 5.69 Å². The minimum absolute atomic E-state index is 0.0830. The molecule has 0 saturated heterocycles. The monoisotopic (exact) mass is 625 g/mol. The number of anilines is 1. The molecule has 0 spiro atoms. The fourth-order valence-corrected chi connectivity index (χ4v) is 6.68. The van der Waals surface area contributed by atoms with Crippen molar-refractivity contribution in [2.24, 2.45) is 5.92 Å². The van der Waals surface area contributed by atoms with E-state index in [0.29, 0.717) is 12.2 Å². The number of hydrogen-bond acceptors (Lipinski definition) is 4. The van der Waals surface area contributed by atoms with Crippen molar-refractivity contribution >= 4 is 27.5 Å². The van der Waals surface area contributed by atoms with Crippen molar-refractivity contribution in [1.29, 1.82) is 0 Å². The van der Waals surface area contributed by atoms with Gasteiger partial charge in [0.25, 0.3) is 10.0 Å². The summed E-state index contributed by atoms with van der Waals surface area (Å²) in [5.74, 6) is -0.541. The van der Waals surface area contributed by atoms with Crippen LogP contribution in [0.15, 0.2) is 108 Å². The highest BCUT2D eigenvalue weighted by atomic mass is 32.2. The van der Waals surface area contributed by atoms with Crippen LogP contribution in [0.5, 0.6) is 0 Å². The summed E-state index contributed by atoms with van der Waals surface area (Å²) in [4.78, 5) is 30.2. The molecule has 4 rings (SSSR count). The third-order valence-corrected chi connectivity index (χ3v) is 9.79. The molecule has 8 heteroatoms. The quantitative estimate of drug-likeness (QED) is 0.191. The van der Waals surface area contributed by atoms with Crippen LogP contribution in [0.3, 0.4) is 0 Å². The van der Waals surface area contributed by atoms with Gasteiger partial charge in [-0.25, -0.2) is 8.42 Å². The van der Waals surface area contributed by atoms with Gasteiger partial charge in [0.1, 0.15) is 12.6 Å². The van der Waals surface area contributed by atoms with E-state index in [1.807, 2.05) is 95.3 Å². The maximum Gasteiger partial charge on any atom is 0.264 e. The second-order valence-corrected chi connectivity index (χ2v) is 13.7. The van der Waals surface area contributed by atoms with Crippen LogP contribution in [-0.4, -0.2) is 44.3 Å². The van der Waals surface area contributed by atoms with Crippen molar-refractivity contribution in [1.82, 2.24) is 10.2 Å². The Hall–Kier alpha value is -4.43. The van der Waals surface area contributed by atoms with Crippen LogP contribution in [0, 0.1) is 26.7 Å². The first-order chi connectivity index (χ1) is 21.5. The second kappa shape index (κ2) is 15.0. The number of aryl methyl sites for hydroxylation is 2. The molecule has 4 aromatic carbocycles. The van der Waals surface area contributed by atoms with Crippen molar-refractivity contribution in [2.75, 3.05) is 17.4 Å². The molecule has 0 bridgehead atoms. The van der Waals surface area contributed by atoms with E-state index in [9.17, 15) is 18.0 Å². The van der Waals surface area contributed by atoms with Gasteiger partial charge >= 0.3 is 0 Å². The molecule has 2 amide bonds. The SMILES string of the molecule is Cc1ccccc1CN(C(=O)CN(c1cccc(C)c1C)S(=O)(=O)c1ccccc1)[C@H](Cc1ccccc1)C(=O)NCC(C)C. The van der Waals surface area contributed by atoms with E-state index in [0.717, 1.165) is 27.8 Å². The lowest BCUT2D eigenvalue weighted by molar-refractivity contribution is -0.140. The van der Waals surface area contributed by atoms with Crippen molar-refractivity contribution in [2.45, 2.75) is 58.5 Å². The molecule has 7 nitrogen and oxygen atoms in total. The number of benzene rings is 4. The average molecular weight is 626 g/mol. The zero-order valence-corrected chi connectivity index (χ0v) is 27.6. The van der Waals surface area contributed by atoms with Gasteiger partial charge in [-0.1, -0.05) is 98.8 Å². The highest BCUT2D eigenvalue weighted by molar-refractivity contribution is 7.92. The molecule has 0 heterocycles.